The third-order valence-electron chi connectivity index (χ3n) is 2.67. The Morgan fingerprint density at radius 3 is 2.67 bits per heavy atom. The molecule has 0 aromatic heterocycles. The van der Waals surface area contributed by atoms with Gasteiger partial charge in [-0.05, 0) is 44.9 Å². The monoisotopic (exact) mass is 294 g/mol. The average molecular weight is 294 g/mol. The standard InChI is InChI=1S/C16H26N2O3/c1-5-6-9-20-14-10-12(7-8-13(14)17)11-18-15(19)21-16(2,3)4/h7-8,10H,5-6,9,11,17H2,1-4H3,(H,18,19). The fraction of sp³-hybridized carbons (Fsp3) is 0.562. The number of anilines is 1. The van der Waals surface area contributed by atoms with E-state index in [1.807, 2.05) is 32.9 Å². The number of hydrogen-bond donors (Lipinski definition) is 2. The first-order valence-electron chi connectivity index (χ1n) is 7.30. The topological polar surface area (TPSA) is 73.6 Å². The summed E-state index contributed by atoms with van der Waals surface area (Å²) in [6.45, 7) is 8.61. The smallest absolute Gasteiger partial charge is 0.407 e. The molecule has 0 atom stereocenters. The number of nitrogens with one attached hydrogen (secondary N) is 1. The van der Waals surface area contributed by atoms with Crippen molar-refractivity contribution in [2.75, 3.05) is 12.3 Å². The third kappa shape index (κ3) is 6.88. The lowest BCUT2D eigenvalue weighted by molar-refractivity contribution is 0.0523. The molecule has 0 spiro atoms. The van der Waals surface area contributed by atoms with Gasteiger partial charge in [-0.25, -0.2) is 4.79 Å². The summed E-state index contributed by atoms with van der Waals surface area (Å²) in [5, 5.41) is 2.71. The molecular weight excluding hydrogens is 268 g/mol. The zero-order chi connectivity index (χ0) is 15.9. The molecule has 0 fully saturated rings. The first-order chi connectivity index (χ1) is 9.81. The molecule has 1 amide bonds. The van der Waals surface area contributed by atoms with E-state index in [1.54, 1.807) is 6.07 Å². The van der Waals surface area contributed by atoms with Crippen molar-refractivity contribution in [3.8, 4) is 5.75 Å². The highest BCUT2D eigenvalue weighted by Crippen LogP contribution is 2.23. The second-order valence-corrected chi connectivity index (χ2v) is 5.93. The predicted octanol–water partition coefficient (Wildman–Crippen LogP) is 3.47. The Balaban J connectivity index is 2.55. The van der Waals surface area contributed by atoms with Crippen LogP contribution in [0.5, 0.6) is 5.75 Å². The van der Waals surface area contributed by atoms with Crippen LogP contribution in [0, 0.1) is 0 Å². The summed E-state index contributed by atoms with van der Waals surface area (Å²) in [6, 6.07) is 5.50. The Morgan fingerprint density at radius 2 is 2.05 bits per heavy atom. The molecule has 0 aliphatic rings. The number of nitrogens with two attached hydrogens (primary N) is 1. The van der Waals surface area contributed by atoms with Crippen LogP contribution in [0.3, 0.4) is 0 Å². The number of unbranched alkanes of at least 4 members (excludes halogenated alkanes) is 1. The van der Waals surface area contributed by atoms with Crippen molar-refractivity contribution in [2.45, 2.75) is 52.7 Å². The lowest BCUT2D eigenvalue weighted by Gasteiger charge is -2.19. The highest BCUT2D eigenvalue weighted by Gasteiger charge is 2.15. The summed E-state index contributed by atoms with van der Waals surface area (Å²) in [7, 11) is 0. The molecule has 5 heteroatoms. The van der Waals surface area contributed by atoms with E-state index >= 15 is 0 Å². The van der Waals surface area contributed by atoms with E-state index in [4.69, 9.17) is 15.2 Å². The molecule has 0 aliphatic heterocycles. The van der Waals surface area contributed by atoms with Gasteiger partial charge >= 0.3 is 6.09 Å². The Bertz CT molecular complexity index is 467. The lowest BCUT2D eigenvalue weighted by atomic mass is 10.2. The van der Waals surface area contributed by atoms with Gasteiger partial charge in [0.15, 0.2) is 0 Å². The molecule has 0 saturated carbocycles. The Kier molecular flexibility index (Phi) is 6.34. The van der Waals surface area contributed by atoms with Crippen LogP contribution in [0.25, 0.3) is 0 Å². The number of carbonyl (C=O) groups excluding carboxylic acids is 1. The van der Waals surface area contributed by atoms with E-state index in [0.717, 1.165) is 18.4 Å². The van der Waals surface area contributed by atoms with E-state index in [0.29, 0.717) is 24.6 Å². The molecule has 1 aromatic carbocycles. The molecule has 1 rings (SSSR count). The first-order valence-corrected chi connectivity index (χ1v) is 7.30. The van der Waals surface area contributed by atoms with Crippen LogP contribution in [0.2, 0.25) is 0 Å². The molecule has 118 valence electrons. The van der Waals surface area contributed by atoms with Crippen LogP contribution in [-0.2, 0) is 11.3 Å². The van der Waals surface area contributed by atoms with Gasteiger partial charge in [0.05, 0.1) is 12.3 Å². The van der Waals surface area contributed by atoms with Gasteiger partial charge in [-0.15, -0.1) is 0 Å². The van der Waals surface area contributed by atoms with Gasteiger partial charge in [-0.1, -0.05) is 19.4 Å². The zero-order valence-corrected chi connectivity index (χ0v) is 13.4. The quantitative estimate of drug-likeness (QED) is 0.622. The summed E-state index contributed by atoms with van der Waals surface area (Å²) >= 11 is 0. The highest BCUT2D eigenvalue weighted by atomic mass is 16.6. The number of alkyl carbamates (subject to hydrolysis) is 1. The SMILES string of the molecule is CCCCOc1cc(CNC(=O)OC(C)(C)C)ccc1N. The minimum absolute atomic E-state index is 0.374. The molecule has 0 bridgehead atoms. The van der Waals surface area contributed by atoms with Gasteiger partial charge in [-0.3, -0.25) is 0 Å². The normalized spacial score (nSPS) is 11.0. The number of carbonyl (C=O) groups is 1. The van der Waals surface area contributed by atoms with Gasteiger partial charge in [0, 0.05) is 6.54 Å². The van der Waals surface area contributed by atoms with E-state index in [9.17, 15) is 4.79 Å². The fourth-order valence-electron chi connectivity index (χ4n) is 1.63. The predicted molar refractivity (Wildman–Crippen MR) is 84.3 cm³/mol. The molecule has 0 radical (unpaired) electrons. The molecule has 0 saturated heterocycles. The van der Waals surface area contributed by atoms with Gasteiger partial charge in [0.1, 0.15) is 11.4 Å². The largest absolute Gasteiger partial charge is 0.491 e. The van der Waals surface area contributed by atoms with Gasteiger partial charge in [-0.2, -0.15) is 0 Å². The molecule has 1 aromatic rings. The number of hydrogen-bond acceptors (Lipinski definition) is 4. The molecule has 21 heavy (non-hydrogen) atoms. The van der Waals surface area contributed by atoms with Crippen molar-refractivity contribution >= 4 is 11.8 Å². The van der Waals surface area contributed by atoms with Gasteiger partial charge in [0.25, 0.3) is 0 Å². The Morgan fingerprint density at radius 1 is 1.33 bits per heavy atom. The molecular formula is C16H26N2O3. The molecule has 3 N–H and O–H groups in total. The number of ether oxygens (including phenoxy) is 2. The number of rotatable bonds is 6. The third-order valence-corrected chi connectivity index (χ3v) is 2.67. The Hall–Kier alpha value is -1.91. The Labute approximate surface area is 126 Å². The van der Waals surface area contributed by atoms with E-state index < -0.39 is 11.7 Å². The molecule has 5 nitrogen and oxygen atoms in total. The zero-order valence-electron chi connectivity index (χ0n) is 13.4. The van der Waals surface area contributed by atoms with Crippen molar-refractivity contribution < 1.29 is 14.3 Å². The second kappa shape index (κ2) is 7.76. The molecule has 0 heterocycles. The lowest BCUT2D eigenvalue weighted by Crippen LogP contribution is -2.32. The van der Waals surface area contributed by atoms with Gasteiger partial charge in [0.2, 0.25) is 0 Å². The van der Waals surface area contributed by atoms with E-state index in [2.05, 4.69) is 12.2 Å². The fourth-order valence-corrected chi connectivity index (χ4v) is 1.63. The maximum atomic E-state index is 11.6. The van der Waals surface area contributed by atoms with Crippen molar-refractivity contribution in [3.05, 3.63) is 23.8 Å². The summed E-state index contributed by atoms with van der Waals surface area (Å²) < 4.78 is 10.8. The van der Waals surface area contributed by atoms with E-state index in [1.165, 1.54) is 0 Å². The number of amides is 1. The number of nitrogen functional groups attached to an aromatic ring is 1. The van der Waals surface area contributed by atoms with E-state index in [-0.39, 0.29) is 0 Å². The van der Waals surface area contributed by atoms with Crippen molar-refractivity contribution in [1.82, 2.24) is 5.32 Å². The maximum Gasteiger partial charge on any atom is 0.407 e. The van der Waals surface area contributed by atoms with Gasteiger partial charge < -0.3 is 20.5 Å². The molecule has 0 aliphatic carbocycles. The van der Waals surface area contributed by atoms with Crippen LogP contribution in [0.4, 0.5) is 10.5 Å². The van der Waals surface area contributed by atoms with Crippen LogP contribution in [0.15, 0.2) is 18.2 Å². The highest BCUT2D eigenvalue weighted by molar-refractivity contribution is 5.67. The van der Waals surface area contributed by atoms with Crippen LogP contribution in [0.1, 0.15) is 46.1 Å². The van der Waals surface area contributed by atoms with Crippen LogP contribution < -0.4 is 15.8 Å². The molecule has 0 unspecified atom stereocenters. The minimum atomic E-state index is -0.500. The van der Waals surface area contributed by atoms with Crippen molar-refractivity contribution in [1.29, 1.82) is 0 Å². The minimum Gasteiger partial charge on any atom is -0.491 e. The maximum absolute atomic E-state index is 11.6. The van der Waals surface area contributed by atoms with Crippen molar-refractivity contribution in [3.63, 3.8) is 0 Å². The number of benzene rings is 1. The summed E-state index contributed by atoms with van der Waals surface area (Å²) in [6.07, 6.45) is 1.62. The van der Waals surface area contributed by atoms with Crippen LogP contribution >= 0.6 is 0 Å². The summed E-state index contributed by atoms with van der Waals surface area (Å²) in [4.78, 5) is 11.6. The summed E-state index contributed by atoms with van der Waals surface area (Å²) in [5.41, 5.74) is 6.90. The van der Waals surface area contributed by atoms with Crippen molar-refractivity contribution in [2.24, 2.45) is 0 Å². The first kappa shape index (κ1) is 17.1. The average Bonchev–Trinajstić information content (AvgIpc) is 2.37. The summed E-state index contributed by atoms with van der Waals surface area (Å²) in [5.74, 6) is 0.659. The van der Waals surface area contributed by atoms with Crippen LogP contribution in [-0.4, -0.2) is 18.3 Å². The second-order valence-electron chi connectivity index (χ2n) is 5.93.